The highest BCUT2D eigenvalue weighted by molar-refractivity contribution is 9.11. The summed E-state index contributed by atoms with van der Waals surface area (Å²) in [6, 6.07) is 4.17. The first-order chi connectivity index (χ1) is 9.24. The molecule has 1 fully saturated rings. The van der Waals surface area contributed by atoms with Crippen LogP contribution in [-0.4, -0.2) is 41.2 Å². The van der Waals surface area contributed by atoms with Crippen molar-refractivity contribution in [2.45, 2.75) is 13.0 Å². The summed E-state index contributed by atoms with van der Waals surface area (Å²) in [6.45, 7) is 6.19. The van der Waals surface area contributed by atoms with Gasteiger partial charge in [0.05, 0.1) is 14.7 Å². The second kappa shape index (κ2) is 5.70. The van der Waals surface area contributed by atoms with Crippen LogP contribution in [0.15, 0.2) is 20.4 Å². The number of hydrogen-bond acceptors (Lipinski definition) is 6. The van der Waals surface area contributed by atoms with Crippen molar-refractivity contribution in [1.29, 1.82) is 0 Å². The van der Waals surface area contributed by atoms with Gasteiger partial charge in [-0.05, 0) is 35.0 Å². The second-order valence-corrected chi connectivity index (χ2v) is 6.98. The SMILES string of the molecule is CC(c1nc(-c2ccc(Br)s2)no1)N1CCNCC1. The molecule has 3 heterocycles. The number of rotatable bonds is 3. The number of piperazine rings is 1. The molecule has 3 rings (SSSR count). The molecular weight excluding hydrogens is 328 g/mol. The van der Waals surface area contributed by atoms with Gasteiger partial charge in [-0.25, -0.2) is 0 Å². The van der Waals surface area contributed by atoms with Gasteiger partial charge in [-0.15, -0.1) is 11.3 Å². The van der Waals surface area contributed by atoms with Crippen LogP contribution >= 0.6 is 27.3 Å². The van der Waals surface area contributed by atoms with Gasteiger partial charge in [0.15, 0.2) is 0 Å². The van der Waals surface area contributed by atoms with Gasteiger partial charge in [-0.2, -0.15) is 4.98 Å². The molecule has 2 aromatic heterocycles. The van der Waals surface area contributed by atoms with Crippen molar-refractivity contribution in [3.05, 3.63) is 21.8 Å². The molecule has 1 N–H and O–H groups in total. The van der Waals surface area contributed by atoms with E-state index in [1.165, 1.54) is 0 Å². The lowest BCUT2D eigenvalue weighted by Gasteiger charge is -2.30. The highest BCUT2D eigenvalue weighted by Gasteiger charge is 2.23. The molecule has 5 nitrogen and oxygen atoms in total. The number of aromatic nitrogens is 2. The maximum Gasteiger partial charge on any atom is 0.244 e. The number of thiophene rings is 1. The zero-order valence-electron chi connectivity index (χ0n) is 10.6. The summed E-state index contributed by atoms with van der Waals surface area (Å²) < 4.78 is 6.48. The first-order valence-corrected chi connectivity index (χ1v) is 7.89. The maximum atomic E-state index is 5.41. The standard InChI is InChI=1S/C12H15BrN4OS/c1-8(17-6-4-14-5-7-17)12-15-11(16-18-12)9-2-3-10(13)19-9/h2-3,8,14H,4-7H2,1H3. The van der Waals surface area contributed by atoms with Gasteiger partial charge in [0.25, 0.3) is 0 Å². The third-order valence-electron chi connectivity index (χ3n) is 3.29. The number of hydrogen-bond donors (Lipinski definition) is 1. The van der Waals surface area contributed by atoms with E-state index in [4.69, 9.17) is 4.52 Å². The summed E-state index contributed by atoms with van der Waals surface area (Å²) in [5.41, 5.74) is 0. The van der Waals surface area contributed by atoms with Gasteiger partial charge >= 0.3 is 0 Å². The Morgan fingerprint density at radius 1 is 1.42 bits per heavy atom. The van der Waals surface area contributed by atoms with Crippen molar-refractivity contribution < 1.29 is 4.52 Å². The van der Waals surface area contributed by atoms with Crippen LogP contribution in [-0.2, 0) is 0 Å². The average Bonchev–Trinajstić information content (AvgIpc) is 3.07. The predicted molar refractivity (Wildman–Crippen MR) is 78.2 cm³/mol. The van der Waals surface area contributed by atoms with Crippen LogP contribution in [0.5, 0.6) is 0 Å². The molecule has 19 heavy (non-hydrogen) atoms. The van der Waals surface area contributed by atoms with Gasteiger partial charge in [0.1, 0.15) is 0 Å². The van der Waals surface area contributed by atoms with E-state index >= 15 is 0 Å². The first kappa shape index (κ1) is 13.2. The Labute approximate surface area is 124 Å². The highest BCUT2D eigenvalue weighted by atomic mass is 79.9. The highest BCUT2D eigenvalue weighted by Crippen LogP contribution is 2.30. The van der Waals surface area contributed by atoms with Gasteiger partial charge in [0, 0.05) is 26.2 Å². The number of nitrogens with zero attached hydrogens (tertiary/aromatic N) is 3. The monoisotopic (exact) mass is 342 g/mol. The van der Waals surface area contributed by atoms with E-state index < -0.39 is 0 Å². The summed E-state index contributed by atoms with van der Waals surface area (Å²) in [4.78, 5) is 7.90. The summed E-state index contributed by atoms with van der Waals surface area (Å²) in [7, 11) is 0. The van der Waals surface area contributed by atoms with Crippen LogP contribution in [0, 0.1) is 0 Å². The fourth-order valence-corrected chi connectivity index (χ4v) is 3.48. The molecule has 102 valence electrons. The summed E-state index contributed by atoms with van der Waals surface area (Å²) >= 11 is 5.05. The van der Waals surface area contributed by atoms with E-state index in [-0.39, 0.29) is 6.04 Å². The molecule has 1 saturated heterocycles. The predicted octanol–water partition coefficient (Wildman–Crippen LogP) is 2.53. The van der Waals surface area contributed by atoms with Gasteiger partial charge in [0.2, 0.25) is 11.7 Å². The van der Waals surface area contributed by atoms with Crippen LogP contribution in [0.25, 0.3) is 10.7 Å². The Hall–Kier alpha value is -0.760. The molecule has 0 aromatic carbocycles. The zero-order chi connectivity index (χ0) is 13.2. The van der Waals surface area contributed by atoms with E-state index in [2.05, 4.69) is 43.2 Å². The van der Waals surface area contributed by atoms with E-state index in [0.717, 1.165) is 34.8 Å². The van der Waals surface area contributed by atoms with E-state index in [1.54, 1.807) is 11.3 Å². The van der Waals surface area contributed by atoms with Crippen molar-refractivity contribution in [1.82, 2.24) is 20.4 Å². The zero-order valence-corrected chi connectivity index (χ0v) is 13.0. The third kappa shape index (κ3) is 2.89. The minimum atomic E-state index is 0.173. The first-order valence-electron chi connectivity index (χ1n) is 6.28. The van der Waals surface area contributed by atoms with Crippen LogP contribution in [0.4, 0.5) is 0 Å². The number of nitrogens with one attached hydrogen (secondary N) is 1. The Balaban J connectivity index is 1.76. The van der Waals surface area contributed by atoms with Gasteiger partial charge in [-0.3, -0.25) is 4.90 Å². The molecule has 1 atom stereocenters. The molecule has 1 unspecified atom stereocenters. The van der Waals surface area contributed by atoms with Crippen molar-refractivity contribution >= 4 is 27.3 Å². The summed E-state index contributed by atoms with van der Waals surface area (Å²) in [6.07, 6.45) is 0. The Kier molecular flexibility index (Phi) is 3.97. The van der Waals surface area contributed by atoms with E-state index in [0.29, 0.717) is 11.7 Å². The Bertz CT molecular complexity index is 549. The van der Waals surface area contributed by atoms with Crippen LogP contribution in [0.2, 0.25) is 0 Å². The molecular formula is C12H15BrN4OS. The van der Waals surface area contributed by atoms with Crippen LogP contribution in [0.1, 0.15) is 18.9 Å². The van der Waals surface area contributed by atoms with Crippen molar-refractivity contribution in [2.24, 2.45) is 0 Å². The van der Waals surface area contributed by atoms with Crippen molar-refractivity contribution in [3.63, 3.8) is 0 Å². The number of halogens is 1. The smallest absolute Gasteiger partial charge is 0.244 e. The molecule has 7 heteroatoms. The van der Waals surface area contributed by atoms with Gasteiger partial charge < -0.3 is 9.84 Å². The molecule has 0 saturated carbocycles. The van der Waals surface area contributed by atoms with Crippen LogP contribution < -0.4 is 5.32 Å². The molecule has 0 radical (unpaired) electrons. The molecule has 0 spiro atoms. The Morgan fingerprint density at radius 2 is 2.21 bits per heavy atom. The maximum absolute atomic E-state index is 5.41. The van der Waals surface area contributed by atoms with Crippen LogP contribution in [0.3, 0.4) is 0 Å². The molecule has 1 aliphatic rings. The minimum absolute atomic E-state index is 0.173. The molecule has 0 aliphatic carbocycles. The lowest BCUT2D eigenvalue weighted by molar-refractivity contribution is 0.154. The molecule has 0 bridgehead atoms. The Morgan fingerprint density at radius 3 is 2.89 bits per heavy atom. The average molecular weight is 343 g/mol. The van der Waals surface area contributed by atoms with Crippen molar-refractivity contribution in [3.8, 4) is 10.7 Å². The summed E-state index contributed by atoms with van der Waals surface area (Å²) in [5.74, 6) is 1.37. The van der Waals surface area contributed by atoms with E-state index in [1.807, 2.05) is 12.1 Å². The van der Waals surface area contributed by atoms with Crippen molar-refractivity contribution in [2.75, 3.05) is 26.2 Å². The summed E-state index contributed by atoms with van der Waals surface area (Å²) in [5, 5.41) is 7.42. The quantitative estimate of drug-likeness (QED) is 0.928. The normalized spacial score (nSPS) is 18.6. The fraction of sp³-hybridized carbons (Fsp3) is 0.500. The van der Waals surface area contributed by atoms with E-state index in [9.17, 15) is 0 Å². The molecule has 0 amide bonds. The molecule has 1 aliphatic heterocycles. The topological polar surface area (TPSA) is 54.2 Å². The lowest BCUT2D eigenvalue weighted by atomic mass is 10.2. The third-order valence-corrected chi connectivity index (χ3v) is 4.91. The largest absolute Gasteiger partial charge is 0.337 e. The fourth-order valence-electron chi connectivity index (χ4n) is 2.17. The second-order valence-electron chi connectivity index (χ2n) is 4.52. The minimum Gasteiger partial charge on any atom is -0.337 e. The molecule has 2 aromatic rings. The lowest BCUT2D eigenvalue weighted by Crippen LogP contribution is -2.44. The van der Waals surface area contributed by atoms with Gasteiger partial charge in [-0.1, -0.05) is 5.16 Å².